The lowest BCUT2D eigenvalue weighted by Crippen LogP contribution is -2.26. The molecule has 0 aliphatic heterocycles. The molecule has 0 unspecified atom stereocenters. The fraction of sp³-hybridized carbons (Fsp3) is 0.0952. The zero-order valence-corrected chi connectivity index (χ0v) is 14.4. The molecule has 27 heavy (non-hydrogen) atoms. The summed E-state index contributed by atoms with van der Waals surface area (Å²) < 4.78 is 13.6. The predicted molar refractivity (Wildman–Crippen MR) is 101 cm³/mol. The molecule has 0 saturated heterocycles. The fourth-order valence-corrected chi connectivity index (χ4v) is 2.53. The molecule has 3 rings (SSSR count). The van der Waals surface area contributed by atoms with Crippen LogP contribution in [0.1, 0.15) is 21.5 Å². The Labute approximate surface area is 156 Å². The first-order valence-electron chi connectivity index (χ1n) is 8.40. The van der Waals surface area contributed by atoms with E-state index in [4.69, 9.17) is 5.26 Å². The summed E-state index contributed by atoms with van der Waals surface area (Å²) in [6.45, 7) is 0.334. The van der Waals surface area contributed by atoms with Gasteiger partial charge in [-0.25, -0.2) is 9.37 Å². The van der Waals surface area contributed by atoms with Gasteiger partial charge in [0.2, 0.25) is 0 Å². The van der Waals surface area contributed by atoms with E-state index in [1.165, 1.54) is 12.3 Å². The van der Waals surface area contributed by atoms with E-state index in [1.54, 1.807) is 54.6 Å². The summed E-state index contributed by atoms with van der Waals surface area (Å²) in [5.41, 5.74) is 2.35. The number of amides is 1. The van der Waals surface area contributed by atoms with Crippen LogP contribution < -0.4 is 10.6 Å². The second-order valence-electron chi connectivity index (χ2n) is 5.84. The summed E-state index contributed by atoms with van der Waals surface area (Å²) in [7, 11) is 0. The Morgan fingerprint density at radius 2 is 1.89 bits per heavy atom. The lowest BCUT2D eigenvalue weighted by Gasteiger charge is -2.09. The van der Waals surface area contributed by atoms with Crippen molar-refractivity contribution in [3.63, 3.8) is 0 Å². The molecule has 1 heterocycles. The van der Waals surface area contributed by atoms with Crippen molar-refractivity contribution in [2.45, 2.75) is 6.42 Å². The van der Waals surface area contributed by atoms with Crippen LogP contribution in [0, 0.1) is 17.1 Å². The second kappa shape index (κ2) is 8.59. The fourth-order valence-electron chi connectivity index (χ4n) is 2.53. The average Bonchev–Trinajstić information content (AvgIpc) is 2.70. The molecular formula is C21H17FN4O. The van der Waals surface area contributed by atoms with Crippen molar-refractivity contribution in [2.24, 2.45) is 0 Å². The first-order valence-corrected chi connectivity index (χ1v) is 8.40. The van der Waals surface area contributed by atoms with Crippen LogP contribution in [0.5, 0.6) is 0 Å². The van der Waals surface area contributed by atoms with E-state index in [9.17, 15) is 9.18 Å². The molecule has 0 atom stereocenters. The first kappa shape index (κ1) is 18.1. The van der Waals surface area contributed by atoms with Gasteiger partial charge in [-0.1, -0.05) is 18.2 Å². The summed E-state index contributed by atoms with van der Waals surface area (Å²) in [6, 6.07) is 18.7. The molecule has 1 aromatic heterocycles. The molecule has 0 aliphatic carbocycles. The maximum atomic E-state index is 13.6. The van der Waals surface area contributed by atoms with Crippen molar-refractivity contribution < 1.29 is 9.18 Å². The van der Waals surface area contributed by atoms with Crippen molar-refractivity contribution in [1.29, 1.82) is 5.26 Å². The third kappa shape index (κ3) is 4.89. The Hall–Kier alpha value is -3.72. The van der Waals surface area contributed by atoms with Gasteiger partial charge in [0.1, 0.15) is 11.6 Å². The van der Waals surface area contributed by atoms with Crippen LogP contribution in [0.2, 0.25) is 0 Å². The number of aromatic nitrogens is 1. The minimum absolute atomic E-state index is 0.253. The van der Waals surface area contributed by atoms with Crippen LogP contribution in [-0.2, 0) is 6.42 Å². The molecule has 0 aliphatic rings. The third-order valence-electron chi connectivity index (χ3n) is 3.95. The standard InChI is InChI=1S/C21H17FN4O/c22-19-4-2-1-3-16(19)9-12-25-21(27)17-10-11-24-20(13-17)26-18-7-5-15(14-23)6-8-18/h1-8,10-11,13H,9,12H2,(H,24,26)(H,25,27). The van der Waals surface area contributed by atoms with Gasteiger partial charge in [-0.3, -0.25) is 4.79 Å². The number of halogens is 1. The van der Waals surface area contributed by atoms with Crippen LogP contribution >= 0.6 is 0 Å². The van der Waals surface area contributed by atoms with Crippen molar-refractivity contribution in [3.05, 3.63) is 89.4 Å². The molecule has 2 N–H and O–H groups in total. The summed E-state index contributed by atoms with van der Waals surface area (Å²) in [5, 5.41) is 14.7. The van der Waals surface area contributed by atoms with Gasteiger partial charge in [0.05, 0.1) is 11.6 Å². The van der Waals surface area contributed by atoms with E-state index in [-0.39, 0.29) is 11.7 Å². The van der Waals surface area contributed by atoms with Crippen LogP contribution in [-0.4, -0.2) is 17.4 Å². The zero-order valence-electron chi connectivity index (χ0n) is 14.4. The molecular weight excluding hydrogens is 343 g/mol. The molecule has 0 spiro atoms. The number of hydrogen-bond donors (Lipinski definition) is 2. The molecule has 0 saturated carbocycles. The highest BCUT2D eigenvalue weighted by Crippen LogP contribution is 2.16. The van der Waals surface area contributed by atoms with E-state index in [0.717, 1.165) is 5.69 Å². The predicted octanol–water partition coefficient (Wildman–Crippen LogP) is 3.81. The van der Waals surface area contributed by atoms with Crippen LogP contribution in [0.3, 0.4) is 0 Å². The Balaban J connectivity index is 1.59. The third-order valence-corrected chi connectivity index (χ3v) is 3.95. The largest absolute Gasteiger partial charge is 0.352 e. The molecule has 0 fully saturated rings. The lowest BCUT2D eigenvalue weighted by molar-refractivity contribution is 0.0954. The van der Waals surface area contributed by atoms with Gasteiger partial charge in [-0.2, -0.15) is 5.26 Å². The summed E-state index contributed by atoms with van der Waals surface area (Å²) in [4.78, 5) is 16.5. The van der Waals surface area contributed by atoms with Gasteiger partial charge in [0, 0.05) is 24.0 Å². The van der Waals surface area contributed by atoms with Crippen LogP contribution in [0.4, 0.5) is 15.9 Å². The number of carbonyl (C=O) groups excluding carboxylic acids is 1. The molecule has 134 valence electrons. The highest BCUT2D eigenvalue weighted by Gasteiger charge is 2.08. The van der Waals surface area contributed by atoms with Crippen LogP contribution in [0.15, 0.2) is 66.9 Å². The maximum Gasteiger partial charge on any atom is 0.251 e. The van der Waals surface area contributed by atoms with E-state index < -0.39 is 0 Å². The number of nitriles is 1. The number of pyridine rings is 1. The van der Waals surface area contributed by atoms with Gasteiger partial charge in [0.15, 0.2) is 0 Å². The number of hydrogen-bond acceptors (Lipinski definition) is 4. The van der Waals surface area contributed by atoms with Crippen molar-refractivity contribution in [2.75, 3.05) is 11.9 Å². The van der Waals surface area contributed by atoms with Crippen molar-refractivity contribution in [3.8, 4) is 6.07 Å². The summed E-state index contributed by atoms with van der Waals surface area (Å²) in [6.07, 6.45) is 1.96. The van der Waals surface area contributed by atoms with Gasteiger partial charge in [-0.15, -0.1) is 0 Å². The van der Waals surface area contributed by atoms with Gasteiger partial charge >= 0.3 is 0 Å². The van der Waals surface area contributed by atoms with Gasteiger partial charge in [-0.05, 0) is 54.4 Å². The molecule has 0 bridgehead atoms. The zero-order chi connectivity index (χ0) is 19.1. The number of benzene rings is 2. The van der Waals surface area contributed by atoms with Crippen LogP contribution in [0.25, 0.3) is 0 Å². The normalized spacial score (nSPS) is 10.1. The minimum atomic E-state index is -0.274. The number of nitrogens with one attached hydrogen (secondary N) is 2. The minimum Gasteiger partial charge on any atom is -0.352 e. The highest BCUT2D eigenvalue weighted by molar-refractivity contribution is 5.94. The summed E-state index contributed by atoms with van der Waals surface area (Å²) in [5.74, 6) is -0.0114. The average molecular weight is 360 g/mol. The number of carbonyl (C=O) groups is 1. The maximum absolute atomic E-state index is 13.6. The Bertz CT molecular complexity index is 980. The van der Waals surface area contributed by atoms with Crippen molar-refractivity contribution >= 4 is 17.4 Å². The Morgan fingerprint density at radius 3 is 2.63 bits per heavy atom. The Kier molecular flexibility index (Phi) is 5.75. The number of rotatable bonds is 6. The SMILES string of the molecule is N#Cc1ccc(Nc2cc(C(=O)NCCc3ccccc3F)ccn2)cc1. The highest BCUT2D eigenvalue weighted by atomic mass is 19.1. The molecule has 5 nitrogen and oxygen atoms in total. The van der Waals surface area contributed by atoms with E-state index >= 15 is 0 Å². The number of anilines is 2. The van der Waals surface area contributed by atoms with Gasteiger partial charge < -0.3 is 10.6 Å². The van der Waals surface area contributed by atoms with Gasteiger partial charge in [0.25, 0.3) is 5.91 Å². The quantitative estimate of drug-likeness (QED) is 0.701. The summed E-state index contributed by atoms with van der Waals surface area (Å²) >= 11 is 0. The molecule has 0 radical (unpaired) electrons. The molecule has 3 aromatic rings. The molecule has 2 aromatic carbocycles. The van der Waals surface area contributed by atoms with E-state index in [0.29, 0.717) is 35.5 Å². The first-order chi connectivity index (χ1) is 13.2. The van der Waals surface area contributed by atoms with E-state index in [1.807, 2.05) is 0 Å². The molecule has 6 heteroatoms. The smallest absolute Gasteiger partial charge is 0.251 e. The lowest BCUT2D eigenvalue weighted by atomic mass is 10.1. The second-order valence-corrected chi connectivity index (χ2v) is 5.84. The topological polar surface area (TPSA) is 77.8 Å². The monoisotopic (exact) mass is 360 g/mol. The molecule has 1 amide bonds. The van der Waals surface area contributed by atoms with Crippen molar-refractivity contribution in [1.82, 2.24) is 10.3 Å². The van der Waals surface area contributed by atoms with E-state index in [2.05, 4.69) is 21.7 Å². The Morgan fingerprint density at radius 1 is 1.11 bits per heavy atom. The number of nitrogens with zero attached hydrogens (tertiary/aromatic N) is 2.